The molecule has 142 valence electrons. The lowest BCUT2D eigenvalue weighted by molar-refractivity contribution is -0.138. The highest BCUT2D eigenvalue weighted by atomic mass is 16.5. The molecule has 0 radical (unpaired) electrons. The number of rotatable bonds is 9. The van der Waals surface area contributed by atoms with Crippen molar-refractivity contribution in [1.29, 1.82) is 0 Å². The van der Waals surface area contributed by atoms with Crippen molar-refractivity contribution in [3.05, 3.63) is 35.5 Å². The highest BCUT2D eigenvalue weighted by molar-refractivity contribution is 5.93. The Labute approximate surface area is 153 Å². The molecule has 2 N–H and O–H groups in total. The molecule has 0 unspecified atom stereocenters. The molecule has 0 fully saturated rings. The second-order valence-electron chi connectivity index (χ2n) is 5.72. The summed E-state index contributed by atoms with van der Waals surface area (Å²) >= 11 is 0. The Kier molecular flexibility index (Phi) is 7.28. The van der Waals surface area contributed by atoms with Crippen LogP contribution < -0.4 is 20.1 Å². The number of carbonyl (C=O) groups excluding carboxylic acids is 2. The van der Waals surface area contributed by atoms with E-state index >= 15 is 0 Å². The molecule has 8 heteroatoms. The van der Waals surface area contributed by atoms with E-state index < -0.39 is 5.97 Å². The third-order valence-electron chi connectivity index (χ3n) is 3.80. The molecule has 0 aromatic heterocycles. The molecule has 0 aliphatic carbocycles. The van der Waals surface area contributed by atoms with Gasteiger partial charge in [0.05, 0.1) is 25.8 Å². The van der Waals surface area contributed by atoms with E-state index in [9.17, 15) is 9.59 Å². The third-order valence-corrected chi connectivity index (χ3v) is 3.80. The van der Waals surface area contributed by atoms with Gasteiger partial charge in [-0.2, -0.15) is 0 Å². The molecule has 0 bridgehead atoms. The van der Waals surface area contributed by atoms with E-state index in [1.165, 1.54) is 0 Å². The first-order valence-corrected chi connectivity index (χ1v) is 8.43. The molecule has 2 amide bonds. The van der Waals surface area contributed by atoms with Gasteiger partial charge in [-0.25, -0.2) is 9.59 Å². The minimum atomic E-state index is -0.423. The first-order valence-electron chi connectivity index (χ1n) is 8.43. The van der Waals surface area contributed by atoms with Crippen LogP contribution in [-0.2, 0) is 9.53 Å². The molecule has 1 aliphatic heterocycles. The molecular formula is C18H25N3O5. The molecule has 0 saturated carbocycles. The van der Waals surface area contributed by atoms with Crippen LogP contribution in [0.4, 0.5) is 4.79 Å². The van der Waals surface area contributed by atoms with Crippen LogP contribution in [0, 0.1) is 0 Å². The number of methoxy groups -OCH3 is 1. The molecule has 1 aromatic rings. The summed E-state index contributed by atoms with van der Waals surface area (Å²) in [5.41, 5.74) is 0.982. The van der Waals surface area contributed by atoms with Gasteiger partial charge in [0, 0.05) is 18.8 Å². The lowest BCUT2D eigenvalue weighted by Crippen LogP contribution is -2.46. The van der Waals surface area contributed by atoms with Gasteiger partial charge in [-0.3, -0.25) is 4.90 Å². The van der Waals surface area contributed by atoms with Crippen molar-refractivity contribution in [2.75, 3.05) is 47.0 Å². The molecule has 0 saturated heterocycles. The maximum absolute atomic E-state index is 12.0. The number of carbonyl (C=O) groups is 2. The van der Waals surface area contributed by atoms with Crippen molar-refractivity contribution in [2.24, 2.45) is 0 Å². The first-order chi connectivity index (χ1) is 12.5. The lowest BCUT2D eigenvalue weighted by Gasteiger charge is -2.25. The fourth-order valence-electron chi connectivity index (χ4n) is 2.48. The van der Waals surface area contributed by atoms with Gasteiger partial charge in [-0.05, 0) is 26.1 Å². The summed E-state index contributed by atoms with van der Waals surface area (Å²) in [4.78, 5) is 25.6. The average Bonchev–Trinajstić information content (AvgIpc) is 2.62. The predicted molar refractivity (Wildman–Crippen MR) is 96.2 cm³/mol. The predicted octanol–water partition coefficient (Wildman–Crippen LogP) is 1.14. The number of hydrogen-bond donors (Lipinski definition) is 2. The number of hydrogen-bond acceptors (Lipinski definition) is 6. The van der Waals surface area contributed by atoms with Crippen molar-refractivity contribution >= 4 is 12.0 Å². The van der Waals surface area contributed by atoms with Gasteiger partial charge in [0.15, 0.2) is 11.5 Å². The standard InChI is InChI=1S/C18H25N3O5/c1-4-25-17(22)13-11-19-18(23)20-14(13)12-21(2)9-10-26-16-8-6-5-7-15(16)24-3/h5-8H,4,9-12H2,1-3H3,(H2,19,20,23). The van der Waals surface area contributed by atoms with Crippen molar-refractivity contribution in [3.63, 3.8) is 0 Å². The van der Waals surface area contributed by atoms with E-state index in [4.69, 9.17) is 14.2 Å². The average molecular weight is 363 g/mol. The van der Waals surface area contributed by atoms with Gasteiger partial charge in [0.25, 0.3) is 0 Å². The number of benzene rings is 1. The highest BCUT2D eigenvalue weighted by Crippen LogP contribution is 2.25. The van der Waals surface area contributed by atoms with Gasteiger partial charge < -0.3 is 24.8 Å². The molecule has 2 rings (SSSR count). The minimum Gasteiger partial charge on any atom is -0.493 e. The maximum atomic E-state index is 12.0. The molecular weight excluding hydrogens is 338 g/mol. The Morgan fingerprint density at radius 1 is 1.27 bits per heavy atom. The van der Waals surface area contributed by atoms with Gasteiger partial charge in [0.2, 0.25) is 0 Å². The first kappa shape index (κ1) is 19.6. The highest BCUT2D eigenvalue weighted by Gasteiger charge is 2.24. The molecule has 8 nitrogen and oxygen atoms in total. The summed E-state index contributed by atoms with van der Waals surface area (Å²) in [6, 6.07) is 7.10. The van der Waals surface area contributed by atoms with E-state index in [0.717, 1.165) is 0 Å². The van der Waals surface area contributed by atoms with Crippen LogP contribution >= 0.6 is 0 Å². The molecule has 0 atom stereocenters. The van der Waals surface area contributed by atoms with Crippen LogP contribution in [0.2, 0.25) is 0 Å². The molecule has 1 aromatic carbocycles. The zero-order valence-electron chi connectivity index (χ0n) is 15.3. The van der Waals surface area contributed by atoms with E-state index in [-0.39, 0.29) is 19.2 Å². The summed E-state index contributed by atoms with van der Waals surface area (Å²) in [5, 5.41) is 5.28. The van der Waals surface area contributed by atoms with Crippen molar-refractivity contribution in [3.8, 4) is 11.5 Å². The van der Waals surface area contributed by atoms with Crippen LogP contribution in [0.15, 0.2) is 35.5 Å². The molecule has 1 heterocycles. The van der Waals surface area contributed by atoms with Gasteiger partial charge in [0.1, 0.15) is 6.61 Å². The van der Waals surface area contributed by atoms with Crippen molar-refractivity contribution < 1.29 is 23.8 Å². The second kappa shape index (κ2) is 9.67. The number of ether oxygens (including phenoxy) is 3. The molecule has 1 aliphatic rings. The third kappa shape index (κ3) is 5.38. The Balaban J connectivity index is 1.93. The fourth-order valence-corrected chi connectivity index (χ4v) is 2.48. The summed E-state index contributed by atoms with van der Waals surface area (Å²) in [7, 11) is 3.48. The Morgan fingerprint density at radius 2 is 2.00 bits per heavy atom. The number of para-hydroxylation sites is 2. The van der Waals surface area contributed by atoms with Crippen molar-refractivity contribution in [1.82, 2.24) is 15.5 Å². The molecule has 26 heavy (non-hydrogen) atoms. The quantitative estimate of drug-likeness (QED) is 0.640. The monoisotopic (exact) mass is 363 g/mol. The summed E-state index contributed by atoms with van der Waals surface area (Å²) < 4.78 is 16.0. The van der Waals surface area contributed by atoms with Gasteiger partial charge >= 0.3 is 12.0 Å². The van der Waals surface area contributed by atoms with E-state index in [0.29, 0.717) is 42.5 Å². The van der Waals surface area contributed by atoms with Crippen LogP contribution in [0.1, 0.15) is 6.92 Å². The number of likely N-dealkylation sites (N-methyl/N-ethyl adjacent to an activating group) is 1. The van der Waals surface area contributed by atoms with Crippen LogP contribution in [0.5, 0.6) is 11.5 Å². The van der Waals surface area contributed by atoms with E-state index in [2.05, 4.69) is 10.6 Å². The second-order valence-corrected chi connectivity index (χ2v) is 5.72. The maximum Gasteiger partial charge on any atom is 0.337 e. The normalized spacial score (nSPS) is 13.9. The van der Waals surface area contributed by atoms with E-state index in [1.807, 2.05) is 36.2 Å². The van der Waals surface area contributed by atoms with Crippen molar-refractivity contribution in [2.45, 2.75) is 6.92 Å². The SMILES string of the molecule is CCOC(=O)C1=C(CN(C)CCOc2ccccc2OC)NC(=O)NC1. The Bertz CT molecular complexity index is 675. The summed E-state index contributed by atoms with van der Waals surface area (Å²) in [6.45, 7) is 3.62. The number of urea groups is 1. The Morgan fingerprint density at radius 3 is 2.69 bits per heavy atom. The smallest absolute Gasteiger partial charge is 0.337 e. The number of nitrogens with zero attached hydrogens (tertiary/aromatic N) is 1. The summed E-state index contributed by atoms with van der Waals surface area (Å²) in [5.74, 6) is 0.923. The van der Waals surface area contributed by atoms with Crippen LogP contribution in [-0.4, -0.2) is 63.9 Å². The number of amides is 2. The lowest BCUT2D eigenvalue weighted by atomic mass is 10.1. The van der Waals surface area contributed by atoms with Crippen LogP contribution in [0.3, 0.4) is 0 Å². The van der Waals surface area contributed by atoms with Crippen LogP contribution in [0.25, 0.3) is 0 Å². The van der Waals surface area contributed by atoms with Gasteiger partial charge in [-0.15, -0.1) is 0 Å². The largest absolute Gasteiger partial charge is 0.493 e. The number of esters is 1. The zero-order chi connectivity index (χ0) is 18.9. The topological polar surface area (TPSA) is 89.1 Å². The zero-order valence-corrected chi connectivity index (χ0v) is 15.3. The number of nitrogens with one attached hydrogen (secondary N) is 2. The Hall–Kier alpha value is -2.74. The summed E-state index contributed by atoms with van der Waals surface area (Å²) in [6.07, 6.45) is 0. The fraction of sp³-hybridized carbons (Fsp3) is 0.444. The molecule has 0 spiro atoms. The van der Waals surface area contributed by atoms with E-state index in [1.54, 1.807) is 14.0 Å². The minimum absolute atomic E-state index is 0.158. The van der Waals surface area contributed by atoms with Gasteiger partial charge in [-0.1, -0.05) is 12.1 Å².